The third-order valence-corrected chi connectivity index (χ3v) is 0.882. The second-order valence-electron chi connectivity index (χ2n) is 1.51. The molecule has 6 heteroatoms. The van der Waals surface area contributed by atoms with Crippen molar-refractivity contribution in [3.8, 4) is 5.95 Å². The molecule has 0 radical (unpaired) electrons. The molecule has 0 atom stereocenters. The fourth-order valence-electron chi connectivity index (χ4n) is 0.466. The van der Waals surface area contributed by atoms with Crippen LogP contribution in [-0.2, 0) is 4.79 Å². The molecule has 11 heavy (non-hydrogen) atoms. The molecule has 0 aliphatic heterocycles. The van der Waals surface area contributed by atoms with Gasteiger partial charge in [-0.05, 0) is 0 Å². The third kappa shape index (κ3) is 1.19. The van der Waals surface area contributed by atoms with Crippen LogP contribution >= 0.6 is 0 Å². The van der Waals surface area contributed by atoms with E-state index in [9.17, 15) is 18.0 Å². The molecule has 60 valence electrons. The Labute approximate surface area is 58.4 Å². The summed E-state index contributed by atoms with van der Waals surface area (Å²) >= 11 is 0. The van der Waals surface area contributed by atoms with Gasteiger partial charge in [0, 0.05) is 0 Å². The van der Waals surface area contributed by atoms with E-state index >= 15 is 0 Å². The van der Waals surface area contributed by atoms with Gasteiger partial charge in [0.1, 0.15) is 0 Å². The zero-order chi connectivity index (χ0) is 8.43. The molecule has 0 bridgehead atoms. The fourth-order valence-corrected chi connectivity index (χ4v) is 0.466. The summed E-state index contributed by atoms with van der Waals surface area (Å²) in [4.78, 5) is 9.55. The lowest BCUT2D eigenvalue weighted by molar-refractivity contribution is -0.122. The van der Waals surface area contributed by atoms with Crippen LogP contribution in [0.1, 0.15) is 0 Å². The van der Waals surface area contributed by atoms with Crippen LogP contribution in [0.5, 0.6) is 5.95 Å². The van der Waals surface area contributed by atoms with Crippen LogP contribution in [-0.4, -0.2) is 6.47 Å². The number of carbonyl (C=O) groups is 1. The number of hydrogen-bond donors (Lipinski definition) is 0. The van der Waals surface area contributed by atoms with Gasteiger partial charge in [0.15, 0.2) is 0 Å². The third-order valence-electron chi connectivity index (χ3n) is 0.882. The summed E-state index contributed by atoms with van der Waals surface area (Å²) in [5.74, 6) is -4.58. The minimum atomic E-state index is -1.80. The molecule has 0 spiro atoms. The average Bonchev–Trinajstić information content (AvgIpc) is 2.19. The molecule has 0 fully saturated rings. The second-order valence-corrected chi connectivity index (χ2v) is 1.51. The van der Waals surface area contributed by atoms with Crippen molar-refractivity contribution in [1.29, 1.82) is 0 Å². The number of rotatable bonds is 2. The standard InChI is InChI=1S/C5HF3O3/c6-2-3(7)5(10-1-9)11-4(2)8/h1H. The van der Waals surface area contributed by atoms with Crippen LogP contribution in [0.2, 0.25) is 0 Å². The molecule has 0 amide bonds. The number of ether oxygens (including phenoxy) is 1. The van der Waals surface area contributed by atoms with Crippen LogP contribution < -0.4 is 4.74 Å². The summed E-state index contributed by atoms with van der Waals surface area (Å²) in [7, 11) is 0. The molecule has 3 nitrogen and oxygen atoms in total. The van der Waals surface area contributed by atoms with Gasteiger partial charge in [0.05, 0.1) is 0 Å². The lowest BCUT2D eigenvalue weighted by atomic mass is 10.6. The molecule has 1 rings (SSSR count). The van der Waals surface area contributed by atoms with Crippen molar-refractivity contribution in [1.82, 2.24) is 0 Å². The maximum absolute atomic E-state index is 12.2. The van der Waals surface area contributed by atoms with Gasteiger partial charge in [0.25, 0.3) is 0 Å². The number of furan rings is 1. The molecule has 1 heterocycles. The Bertz CT molecular complexity index is 281. The Morgan fingerprint density at radius 2 is 1.91 bits per heavy atom. The molecule has 1 aromatic heterocycles. The van der Waals surface area contributed by atoms with Crippen molar-refractivity contribution in [3.63, 3.8) is 0 Å². The molecule has 0 unspecified atom stereocenters. The van der Waals surface area contributed by atoms with Crippen LogP contribution in [0.15, 0.2) is 4.42 Å². The van der Waals surface area contributed by atoms with Crippen LogP contribution in [0, 0.1) is 17.6 Å². The summed E-state index contributed by atoms with van der Waals surface area (Å²) in [5.41, 5.74) is 0. The van der Waals surface area contributed by atoms with Crippen molar-refractivity contribution < 1.29 is 27.1 Å². The second kappa shape index (κ2) is 2.65. The van der Waals surface area contributed by atoms with Crippen LogP contribution in [0.4, 0.5) is 13.2 Å². The van der Waals surface area contributed by atoms with Crippen molar-refractivity contribution in [2.45, 2.75) is 0 Å². The Hall–Kier alpha value is -1.46. The van der Waals surface area contributed by atoms with Gasteiger partial charge in [-0.3, -0.25) is 4.79 Å². The molecule has 0 saturated carbocycles. The van der Waals surface area contributed by atoms with Gasteiger partial charge in [0.2, 0.25) is 11.6 Å². The van der Waals surface area contributed by atoms with E-state index in [0.29, 0.717) is 0 Å². The number of carbonyl (C=O) groups excluding carboxylic acids is 1. The Morgan fingerprint density at radius 1 is 1.27 bits per heavy atom. The number of hydrogen-bond acceptors (Lipinski definition) is 3. The summed E-state index contributed by atoms with van der Waals surface area (Å²) in [6, 6.07) is -1.75. The van der Waals surface area contributed by atoms with Gasteiger partial charge in [-0.2, -0.15) is 13.2 Å². The lowest BCUT2D eigenvalue weighted by Crippen LogP contribution is -1.88. The first-order valence-electron chi connectivity index (χ1n) is 2.40. The first kappa shape index (κ1) is 7.64. The first-order chi connectivity index (χ1) is 5.16. The summed E-state index contributed by atoms with van der Waals surface area (Å²) < 4.78 is 43.6. The number of halogens is 3. The monoisotopic (exact) mass is 166 g/mol. The predicted octanol–water partition coefficient (Wildman–Crippen LogP) is 1.23. The smallest absolute Gasteiger partial charge is 0.335 e. The minimum absolute atomic E-state index is 0.208. The van der Waals surface area contributed by atoms with E-state index in [1.165, 1.54) is 0 Å². The molecular formula is C5HF3O3. The molecule has 0 aliphatic carbocycles. The molecular weight excluding hydrogens is 165 g/mol. The van der Waals surface area contributed by atoms with Gasteiger partial charge in [-0.15, -0.1) is 0 Å². The Kier molecular flexibility index (Phi) is 1.84. The highest BCUT2D eigenvalue weighted by Gasteiger charge is 2.21. The SMILES string of the molecule is O=COc1oc(F)c(F)c1F. The van der Waals surface area contributed by atoms with E-state index in [4.69, 9.17) is 0 Å². The average molecular weight is 166 g/mol. The van der Waals surface area contributed by atoms with Gasteiger partial charge >= 0.3 is 18.4 Å². The molecule has 0 N–H and O–H groups in total. The minimum Gasteiger partial charge on any atom is -0.393 e. The molecule has 0 saturated heterocycles. The van der Waals surface area contributed by atoms with Crippen LogP contribution in [0.3, 0.4) is 0 Å². The van der Waals surface area contributed by atoms with Crippen molar-refractivity contribution in [2.75, 3.05) is 0 Å². The highest BCUT2D eigenvalue weighted by atomic mass is 19.2. The Balaban J connectivity index is 3.07. The van der Waals surface area contributed by atoms with Crippen LogP contribution in [0.25, 0.3) is 0 Å². The quantitative estimate of drug-likeness (QED) is 0.620. The predicted molar refractivity (Wildman–Crippen MR) is 25.3 cm³/mol. The van der Waals surface area contributed by atoms with Crippen molar-refractivity contribution in [2.24, 2.45) is 0 Å². The normalized spacial score (nSPS) is 9.73. The first-order valence-corrected chi connectivity index (χ1v) is 2.40. The largest absolute Gasteiger partial charge is 0.393 e. The summed E-state index contributed by atoms with van der Waals surface area (Å²) in [5, 5.41) is 0. The Morgan fingerprint density at radius 3 is 2.27 bits per heavy atom. The van der Waals surface area contributed by atoms with E-state index in [1.54, 1.807) is 0 Å². The van der Waals surface area contributed by atoms with Crippen molar-refractivity contribution in [3.05, 3.63) is 17.6 Å². The van der Waals surface area contributed by atoms with Gasteiger partial charge in [-0.1, -0.05) is 0 Å². The zero-order valence-electron chi connectivity index (χ0n) is 4.94. The molecule has 1 aromatic rings. The zero-order valence-corrected chi connectivity index (χ0v) is 4.94. The fraction of sp³-hybridized carbons (Fsp3) is 0. The topological polar surface area (TPSA) is 39.4 Å². The molecule has 0 aliphatic rings. The lowest BCUT2D eigenvalue weighted by Gasteiger charge is -1.86. The highest BCUT2D eigenvalue weighted by Crippen LogP contribution is 2.24. The molecule has 0 aromatic carbocycles. The van der Waals surface area contributed by atoms with Gasteiger partial charge < -0.3 is 9.15 Å². The van der Waals surface area contributed by atoms with Crippen molar-refractivity contribution >= 4 is 6.47 Å². The van der Waals surface area contributed by atoms with E-state index < -0.39 is 23.6 Å². The van der Waals surface area contributed by atoms with Gasteiger partial charge in [-0.25, -0.2) is 0 Å². The van der Waals surface area contributed by atoms with E-state index in [0.717, 1.165) is 0 Å². The van der Waals surface area contributed by atoms with E-state index in [2.05, 4.69) is 9.15 Å². The van der Waals surface area contributed by atoms with E-state index in [-0.39, 0.29) is 6.47 Å². The maximum atomic E-state index is 12.2. The summed E-state index contributed by atoms with van der Waals surface area (Å²) in [6.45, 7) is -0.208. The van der Waals surface area contributed by atoms with E-state index in [1.807, 2.05) is 0 Å². The highest BCUT2D eigenvalue weighted by molar-refractivity contribution is 5.42. The summed E-state index contributed by atoms with van der Waals surface area (Å²) in [6.07, 6.45) is 0. The maximum Gasteiger partial charge on any atom is 0.335 e.